The monoisotopic (exact) mass is 393 g/mol. The first-order valence-corrected chi connectivity index (χ1v) is 9.72. The predicted molar refractivity (Wildman–Crippen MR) is 112 cm³/mol. The zero-order chi connectivity index (χ0) is 21.0. The predicted octanol–water partition coefficient (Wildman–Crippen LogP) is 2.71. The van der Waals surface area contributed by atoms with Gasteiger partial charge in [0.2, 0.25) is 0 Å². The van der Waals surface area contributed by atoms with Gasteiger partial charge < -0.3 is 25.4 Å². The Balaban J connectivity index is 2.49. The highest BCUT2D eigenvalue weighted by molar-refractivity contribution is 5.79. The number of hydrogen-bond donors (Lipinski definition) is 3. The lowest BCUT2D eigenvalue weighted by atomic mass is 9.93. The maximum absolute atomic E-state index is 12.2. The van der Waals surface area contributed by atoms with Crippen molar-refractivity contribution >= 4 is 12.1 Å². The fourth-order valence-electron chi connectivity index (χ4n) is 2.49. The smallest absolute Gasteiger partial charge is 0.408 e. The van der Waals surface area contributed by atoms with Gasteiger partial charge in [0.25, 0.3) is 0 Å². The molecule has 0 aliphatic rings. The van der Waals surface area contributed by atoms with Gasteiger partial charge in [0.15, 0.2) is 5.96 Å². The van der Waals surface area contributed by atoms with Crippen molar-refractivity contribution in [1.82, 2.24) is 20.9 Å². The molecule has 1 rings (SSSR count). The maximum atomic E-state index is 12.2. The van der Waals surface area contributed by atoms with Crippen molar-refractivity contribution in [2.24, 2.45) is 4.99 Å². The van der Waals surface area contributed by atoms with E-state index in [2.05, 4.69) is 25.9 Å². The number of aliphatic imine (C=N–C) groups is 1. The molecule has 0 aliphatic heterocycles. The minimum Gasteiger partial charge on any atom is -0.490 e. The minimum atomic E-state index is -0.531. The third kappa shape index (κ3) is 8.92. The molecule has 1 heterocycles. The van der Waals surface area contributed by atoms with Gasteiger partial charge in [-0.2, -0.15) is 0 Å². The number of aromatic nitrogens is 1. The molecule has 1 aromatic heterocycles. The molecule has 0 fully saturated rings. The van der Waals surface area contributed by atoms with E-state index in [1.54, 1.807) is 19.4 Å². The Labute approximate surface area is 168 Å². The highest BCUT2D eigenvalue weighted by Gasteiger charge is 2.30. The number of guanidine groups is 1. The molecule has 0 spiro atoms. The van der Waals surface area contributed by atoms with Crippen molar-refractivity contribution in [3.8, 4) is 5.75 Å². The molecule has 0 aromatic carbocycles. The Hall–Kier alpha value is -2.51. The highest BCUT2D eigenvalue weighted by atomic mass is 16.6. The van der Waals surface area contributed by atoms with Crippen molar-refractivity contribution in [3.05, 3.63) is 24.5 Å². The van der Waals surface area contributed by atoms with Crippen molar-refractivity contribution in [2.75, 3.05) is 26.7 Å². The van der Waals surface area contributed by atoms with Gasteiger partial charge in [-0.3, -0.25) is 9.98 Å². The second-order valence-electron chi connectivity index (χ2n) is 7.50. The highest BCUT2D eigenvalue weighted by Crippen LogP contribution is 2.16. The first kappa shape index (κ1) is 23.5. The van der Waals surface area contributed by atoms with Gasteiger partial charge in [0.1, 0.15) is 18.0 Å². The summed E-state index contributed by atoms with van der Waals surface area (Å²) in [5.74, 6) is 1.37. The Morgan fingerprint density at radius 1 is 1.21 bits per heavy atom. The second kappa shape index (κ2) is 11.4. The summed E-state index contributed by atoms with van der Waals surface area (Å²) in [5.41, 5.74) is -0.956. The summed E-state index contributed by atoms with van der Waals surface area (Å²) in [6.07, 6.45) is 4.49. The van der Waals surface area contributed by atoms with Gasteiger partial charge in [0, 0.05) is 19.8 Å². The number of rotatable bonds is 9. The average molecular weight is 394 g/mol. The number of pyridine rings is 1. The first-order valence-electron chi connectivity index (χ1n) is 9.72. The fraction of sp³-hybridized carbons (Fsp3) is 0.650. The molecule has 0 aliphatic carbocycles. The van der Waals surface area contributed by atoms with Gasteiger partial charge in [0.05, 0.1) is 18.3 Å². The van der Waals surface area contributed by atoms with Crippen molar-refractivity contribution in [1.29, 1.82) is 0 Å². The Morgan fingerprint density at radius 2 is 1.93 bits per heavy atom. The molecule has 0 saturated heterocycles. The number of nitrogens with zero attached hydrogens (tertiary/aromatic N) is 2. The summed E-state index contributed by atoms with van der Waals surface area (Å²) in [6, 6.07) is 3.69. The van der Waals surface area contributed by atoms with Crippen LogP contribution in [-0.2, 0) is 4.74 Å². The molecule has 1 amide bonds. The third-order valence-corrected chi connectivity index (χ3v) is 4.24. The average Bonchev–Trinajstić information content (AvgIpc) is 2.65. The van der Waals surface area contributed by atoms with Gasteiger partial charge in [-0.15, -0.1) is 0 Å². The van der Waals surface area contributed by atoms with Crippen LogP contribution in [0.5, 0.6) is 5.75 Å². The van der Waals surface area contributed by atoms with E-state index in [4.69, 9.17) is 9.47 Å². The van der Waals surface area contributed by atoms with Crippen LogP contribution < -0.4 is 20.7 Å². The number of amides is 1. The summed E-state index contributed by atoms with van der Waals surface area (Å²) in [6.45, 7) is 11.2. The summed E-state index contributed by atoms with van der Waals surface area (Å²) < 4.78 is 11.0. The number of carbonyl (C=O) groups is 1. The third-order valence-electron chi connectivity index (χ3n) is 4.24. The van der Waals surface area contributed by atoms with E-state index in [0.29, 0.717) is 25.7 Å². The van der Waals surface area contributed by atoms with Crippen molar-refractivity contribution < 1.29 is 14.3 Å². The lowest BCUT2D eigenvalue weighted by Crippen LogP contribution is -2.57. The number of ether oxygens (including phenoxy) is 2. The lowest BCUT2D eigenvalue weighted by molar-refractivity contribution is 0.0448. The Bertz CT molecular complexity index is 610. The molecule has 0 unspecified atom stereocenters. The van der Waals surface area contributed by atoms with Gasteiger partial charge in [-0.1, -0.05) is 13.8 Å². The van der Waals surface area contributed by atoms with Gasteiger partial charge >= 0.3 is 6.09 Å². The Morgan fingerprint density at radius 3 is 2.46 bits per heavy atom. The van der Waals surface area contributed by atoms with Crippen molar-refractivity contribution in [2.45, 2.75) is 58.6 Å². The normalized spacial score (nSPS) is 12.3. The molecule has 158 valence electrons. The first-order chi connectivity index (χ1) is 13.2. The van der Waals surface area contributed by atoms with E-state index in [9.17, 15) is 4.79 Å². The van der Waals surface area contributed by atoms with E-state index >= 15 is 0 Å². The molecule has 0 saturated carbocycles. The summed E-state index contributed by atoms with van der Waals surface area (Å²) in [7, 11) is 1.71. The minimum absolute atomic E-state index is 0.411. The molecule has 3 N–H and O–H groups in total. The summed E-state index contributed by atoms with van der Waals surface area (Å²) in [5, 5.41) is 9.50. The number of alkyl carbamates (subject to hydrolysis) is 1. The van der Waals surface area contributed by atoms with E-state index in [-0.39, 0.29) is 0 Å². The molecular formula is C20H35N5O3. The summed E-state index contributed by atoms with van der Waals surface area (Å²) in [4.78, 5) is 20.5. The lowest BCUT2D eigenvalue weighted by Gasteiger charge is -2.34. The molecule has 1 aromatic rings. The van der Waals surface area contributed by atoms with Gasteiger partial charge in [-0.25, -0.2) is 4.79 Å². The number of hydrogen-bond acceptors (Lipinski definition) is 5. The van der Waals surface area contributed by atoms with Crippen LogP contribution in [0.3, 0.4) is 0 Å². The molecule has 8 heteroatoms. The quantitative estimate of drug-likeness (QED) is 0.339. The molecule has 28 heavy (non-hydrogen) atoms. The van der Waals surface area contributed by atoms with Crippen LogP contribution in [-0.4, -0.2) is 54.9 Å². The van der Waals surface area contributed by atoms with Crippen LogP contribution in [0.2, 0.25) is 0 Å². The maximum Gasteiger partial charge on any atom is 0.408 e. The van der Waals surface area contributed by atoms with E-state index in [0.717, 1.165) is 18.6 Å². The van der Waals surface area contributed by atoms with Crippen LogP contribution in [0.15, 0.2) is 29.5 Å². The molecule has 0 radical (unpaired) electrons. The molecule has 8 nitrogen and oxygen atoms in total. The van der Waals surface area contributed by atoms with Crippen LogP contribution in [0.25, 0.3) is 0 Å². The van der Waals surface area contributed by atoms with E-state index in [1.165, 1.54) is 0 Å². The van der Waals surface area contributed by atoms with Crippen LogP contribution >= 0.6 is 0 Å². The molecular weight excluding hydrogens is 358 g/mol. The Kier molecular flexibility index (Phi) is 9.55. The number of nitrogens with one attached hydrogen (secondary N) is 3. The number of carbonyl (C=O) groups excluding carboxylic acids is 1. The molecule has 0 bridgehead atoms. The van der Waals surface area contributed by atoms with Crippen LogP contribution in [0.4, 0.5) is 4.79 Å². The molecule has 0 atom stereocenters. The zero-order valence-corrected chi connectivity index (χ0v) is 18.0. The fourth-order valence-corrected chi connectivity index (χ4v) is 2.49. The second-order valence-corrected chi connectivity index (χ2v) is 7.50. The van der Waals surface area contributed by atoms with Crippen LogP contribution in [0, 0.1) is 0 Å². The van der Waals surface area contributed by atoms with E-state index < -0.39 is 17.2 Å². The SMILES string of the molecule is CCC(CC)(CNC(=NC)NCCOc1cccnc1)NC(=O)OC(C)(C)C. The standard InChI is InChI=1S/C20H35N5O3/c1-7-20(8-2,25-18(26)28-19(3,4)5)15-24-17(21-6)23-12-13-27-16-10-9-11-22-14-16/h9-11,14H,7-8,12-13,15H2,1-6H3,(H,25,26)(H2,21,23,24). The largest absolute Gasteiger partial charge is 0.490 e. The van der Waals surface area contributed by atoms with Crippen molar-refractivity contribution in [3.63, 3.8) is 0 Å². The van der Waals surface area contributed by atoms with E-state index in [1.807, 2.05) is 46.8 Å². The zero-order valence-electron chi connectivity index (χ0n) is 18.0. The van der Waals surface area contributed by atoms with Gasteiger partial charge in [-0.05, 0) is 45.7 Å². The topological polar surface area (TPSA) is 96.9 Å². The summed E-state index contributed by atoms with van der Waals surface area (Å²) >= 11 is 0. The van der Waals surface area contributed by atoms with Crippen LogP contribution in [0.1, 0.15) is 47.5 Å².